The number of rotatable bonds is 3. The average Bonchev–Trinajstić information content (AvgIpc) is 2.70. The second kappa shape index (κ2) is 3.79. The van der Waals surface area contributed by atoms with Gasteiger partial charge in [-0.05, 0) is 17.7 Å². The van der Waals surface area contributed by atoms with Gasteiger partial charge in [0.15, 0.2) is 0 Å². The van der Waals surface area contributed by atoms with Crippen molar-refractivity contribution in [3.63, 3.8) is 0 Å². The van der Waals surface area contributed by atoms with Crippen molar-refractivity contribution < 1.29 is 4.92 Å². The van der Waals surface area contributed by atoms with Crippen molar-refractivity contribution in [2.45, 2.75) is 0 Å². The smallest absolute Gasteiger partial charge is 0.270 e. The van der Waals surface area contributed by atoms with Crippen LogP contribution in [0.5, 0.6) is 0 Å². The van der Waals surface area contributed by atoms with Crippen LogP contribution in [-0.4, -0.2) is 16.5 Å². The molecule has 5 nitrogen and oxygen atoms in total. The zero-order valence-electron chi connectivity index (χ0n) is 8.56. The molecule has 0 atom stereocenters. The molecule has 0 spiro atoms. The summed E-state index contributed by atoms with van der Waals surface area (Å²) in [6.07, 6.45) is 0. The quantitative estimate of drug-likeness (QED) is 0.609. The Morgan fingerprint density at radius 3 is 2.88 bits per heavy atom. The summed E-state index contributed by atoms with van der Waals surface area (Å²) in [5.74, 6) is 0. The highest BCUT2D eigenvalue weighted by atomic mass is 16.6. The van der Waals surface area contributed by atoms with Gasteiger partial charge in [-0.2, -0.15) is 0 Å². The molecule has 82 valence electrons. The number of hydrogen-bond donors (Lipinski definition) is 2. The molecule has 2 rings (SSSR count). The van der Waals surface area contributed by atoms with Gasteiger partial charge in [0, 0.05) is 35.3 Å². The van der Waals surface area contributed by atoms with Crippen molar-refractivity contribution >= 4 is 22.2 Å². The van der Waals surface area contributed by atoms with E-state index in [4.69, 9.17) is 5.73 Å². The number of hydrogen-bond acceptors (Lipinski definition) is 3. The third kappa shape index (κ3) is 1.68. The molecule has 2 aromatic rings. The molecule has 0 aliphatic carbocycles. The first kappa shape index (κ1) is 10.4. The lowest BCUT2D eigenvalue weighted by atomic mass is 10.2. The van der Waals surface area contributed by atoms with Crippen LogP contribution in [0.2, 0.25) is 0 Å². The van der Waals surface area contributed by atoms with Crippen LogP contribution in [0.15, 0.2) is 30.8 Å². The Morgan fingerprint density at radius 1 is 1.50 bits per heavy atom. The molecule has 1 aromatic carbocycles. The Hall–Kier alpha value is -2.14. The normalized spacial score (nSPS) is 10.6. The van der Waals surface area contributed by atoms with Gasteiger partial charge in [0.1, 0.15) is 0 Å². The summed E-state index contributed by atoms with van der Waals surface area (Å²) in [6, 6.07) is 6.49. The van der Waals surface area contributed by atoms with Gasteiger partial charge < -0.3 is 10.7 Å². The summed E-state index contributed by atoms with van der Waals surface area (Å²) in [5.41, 5.74) is 7.99. The van der Waals surface area contributed by atoms with Crippen molar-refractivity contribution in [2.24, 2.45) is 5.73 Å². The number of nitrogens with one attached hydrogen (secondary N) is 1. The number of nitrogens with zero attached hydrogens (tertiary/aromatic N) is 1. The molecular weight excluding hydrogens is 206 g/mol. The summed E-state index contributed by atoms with van der Waals surface area (Å²) in [5, 5.41) is 11.4. The third-order valence-corrected chi connectivity index (χ3v) is 2.44. The standard InChI is InChI=1S/C11H11N3O2/c1-7(6-12)11-5-8-4-9(14(15)16)2-3-10(8)13-11/h2-5,13H,1,6,12H2. The summed E-state index contributed by atoms with van der Waals surface area (Å²) in [4.78, 5) is 13.3. The first-order chi connectivity index (χ1) is 7.61. The molecule has 0 aliphatic rings. The summed E-state index contributed by atoms with van der Waals surface area (Å²) in [6.45, 7) is 4.16. The largest absolute Gasteiger partial charge is 0.355 e. The lowest BCUT2D eigenvalue weighted by Gasteiger charge is -1.95. The minimum atomic E-state index is -0.413. The van der Waals surface area contributed by atoms with Crippen LogP contribution in [0.3, 0.4) is 0 Å². The Kier molecular flexibility index (Phi) is 2.46. The van der Waals surface area contributed by atoms with Gasteiger partial charge in [-0.15, -0.1) is 0 Å². The highest BCUT2D eigenvalue weighted by Crippen LogP contribution is 2.23. The second-order valence-electron chi connectivity index (χ2n) is 3.52. The lowest BCUT2D eigenvalue weighted by molar-refractivity contribution is -0.384. The number of benzene rings is 1. The summed E-state index contributed by atoms with van der Waals surface area (Å²) >= 11 is 0. The lowest BCUT2D eigenvalue weighted by Crippen LogP contribution is -2.00. The number of aromatic nitrogens is 1. The van der Waals surface area contributed by atoms with Crippen molar-refractivity contribution in [2.75, 3.05) is 6.54 Å². The van der Waals surface area contributed by atoms with Crippen LogP contribution in [0.25, 0.3) is 16.5 Å². The first-order valence-electron chi connectivity index (χ1n) is 4.77. The fraction of sp³-hybridized carbons (Fsp3) is 0.0909. The van der Waals surface area contributed by atoms with Crippen LogP contribution >= 0.6 is 0 Å². The van der Waals surface area contributed by atoms with E-state index in [-0.39, 0.29) is 5.69 Å². The minimum Gasteiger partial charge on any atom is -0.355 e. The Bertz CT molecular complexity index is 572. The molecule has 1 aromatic heterocycles. The minimum absolute atomic E-state index is 0.0800. The zero-order valence-corrected chi connectivity index (χ0v) is 8.56. The maximum Gasteiger partial charge on any atom is 0.270 e. The van der Waals surface area contributed by atoms with E-state index in [9.17, 15) is 10.1 Å². The van der Waals surface area contributed by atoms with E-state index in [0.29, 0.717) is 6.54 Å². The van der Waals surface area contributed by atoms with E-state index < -0.39 is 4.92 Å². The van der Waals surface area contributed by atoms with Gasteiger partial charge in [0.25, 0.3) is 5.69 Å². The van der Waals surface area contributed by atoms with Crippen molar-refractivity contribution in [3.8, 4) is 0 Å². The fourth-order valence-electron chi connectivity index (χ4n) is 1.53. The molecule has 16 heavy (non-hydrogen) atoms. The van der Waals surface area contributed by atoms with Gasteiger partial charge >= 0.3 is 0 Å². The molecule has 0 unspecified atom stereocenters. The molecule has 3 N–H and O–H groups in total. The number of H-pyrrole nitrogens is 1. The maximum absolute atomic E-state index is 10.6. The van der Waals surface area contributed by atoms with E-state index in [0.717, 1.165) is 22.2 Å². The average molecular weight is 217 g/mol. The van der Waals surface area contributed by atoms with Gasteiger partial charge in [-0.3, -0.25) is 10.1 Å². The number of nitro benzene ring substituents is 1. The van der Waals surface area contributed by atoms with Gasteiger partial charge in [0.05, 0.1) is 4.92 Å². The zero-order chi connectivity index (χ0) is 11.7. The molecule has 1 heterocycles. The predicted molar refractivity (Wildman–Crippen MR) is 63.0 cm³/mol. The first-order valence-corrected chi connectivity index (χ1v) is 4.77. The van der Waals surface area contributed by atoms with Crippen LogP contribution in [0.4, 0.5) is 5.69 Å². The topological polar surface area (TPSA) is 84.9 Å². The number of nitrogens with two attached hydrogens (primary N) is 1. The van der Waals surface area contributed by atoms with E-state index >= 15 is 0 Å². The number of fused-ring (bicyclic) bond motifs is 1. The summed E-state index contributed by atoms with van der Waals surface area (Å²) < 4.78 is 0. The van der Waals surface area contributed by atoms with E-state index in [1.54, 1.807) is 6.07 Å². The van der Waals surface area contributed by atoms with E-state index in [1.807, 2.05) is 6.07 Å². The van der Waals surface area contributed by atoms with Crippen LogP contribution in [0, 0.1) is 10.1 Å². The monoisotopic (exact) mass is 217 g/mol. The van der Waals surface area contributed by atoms with Crippen LogP contribution < -0.4 is 5.73 Å². The highest BCUT2D eigenvalue weighted by molar-refractivity contribution is 5.86. The Balaban J connectivity index is 2.54. The predicted octanol–water partition coefficient (Wildman–Crippen LogP) is 2.05. The fourth-order valence-corrected chi connectivity index (χ4v) is 1.53. The SMILES string of the molecule is C=C(CN)c1cc2cc([N+](=O)[O-])ccc2[nH]1. The van der Waals surface area contributed by atoms with E-state index in [1.165, 1.54) is 12.1 Å². The molecule has 0 saturated carbocycles. The van der Waals surface area contributed by atoms with Crippen molar-refractivity contribution in [1.82, 2.24) is 4.98 Å². The van der Waals surface area contributed by atoms with E-state index in [2.05, 4.69) is 11.6 Å². The molecular formula is C11H11N3O2. The van der Waals surface area contributed by atoms with Crippen molar-refractivity contribution in [1.29, 1.82) is 0 Å². The maximum atomic E-state index is 10.6. The molecule has 0 radical (unpaired) electrons. The molecule has 0 aliphatic heterocycles. The highest BCUT2D eigenvalue weighted by Gasteiger charge is 2.08. The third-order valence-electron chi connectivity index (χ3n) is 2.44. The molecule has 0 bridgehead atoms. The molecule has 0 saturated heterocycles. The molecule has 0 fully saturated rings. The van der Waals surface area contributed by atoms with Crippen LogP contribution in [0.1, 0.15) is 5.69 Å². The number of aromatic amines is 1. The Morgan fingerprint density at radius 2 is 2.25 bits per heavy atom. The second-order valence-corrected chi connectivity index (χ2v) is 3.52. The number of nitro groups is 1. The van der Waals surface area contributed by atoms with Gasteiger partial charge in [-0.25, -0.2) is 0 Å². The Labute approximate surface area is 91.7 Å². The van der Waals surface area contributed by atoms with Gasteiger partial charge in [0.2, 0.25) is 0 Å². The van der Waals surface area contributed by atoms with Crippen molar-refractivity contribution in [3.05, 3.63) is 46.7 Å². The number of non-ortho nitro benzene ring substituents is 1. The van der Waals surface area contributed by atoms with Gasteiger partial charge in [-0.1, -0.05) is 6.58 Å². The molecule has 5 heteroatoms. The summed E-state index contributed by atoms with van der Waals surface area (Å²) in [7, 11) is 0. The van der Waals surface area contributed by atoms with Crippen LogP contribution in [-0.2, 0) is 0 Å². The molecule has 0 amide bonds.